The van der Waals surface area contributed by atoms with Crippen molar-refractivity contribution in [2.24, 2.45) is 0 Å². The summed E-state index contributed by atoms with van der Waals surface area (Å²) in [5.41, 5.74) is 7.72. The molecule has 2 aromatic rings. The minimum Gasteiger partial charge on any atom is -0.496 e. The summed E-state index contributed by atoms with van der Waals surface area (Å²) in [6.45, 7) is 2.11. The van der Waals surface area contributed by atoms with E-state index in [4.69, 9.17) is 10.5 Å². The number of nitrogen functional groups attached to an aromatic ring is 1. The molecule has 0 spiro atoms. The molecule has 0 bridgehead atoms. The molecule has 2 N–H and O–H groups in total. The van der Waals surface area contributed by atoms with Gasteiger partial charge < -0.3 is 10.5 Å². The number of aromatic nitrogens is 2. The smallest absolute Gasteiger partial charge is 0.161 e. The maximum absolute atomic E-state index is 5.83. The third-order valence-corrected chi connectivity index (χ3v) is 3.33. The molecule has 0 saturated carbocycles. The Hall–Kier alpha value is -1.62. The number of ether oxygens (including phenoxy) is 1. The molecule has 4 nitrogen and oxygen atoms in total. The summed E-state index contributed by atoms with van der Waals surface area (Å²) >= 11 is 3.46. The quantitative estimate of drug-likeness (QED) is 0.936. The molecule has 0 fully saturated rings. The van der Waals surface area contributed by atoms with Gasteiger partial charge in [-0.1, -0.05) is 13.3 Å². The predicted octanol–water partition coefficient (Wildman–Crippen LogP) is 3.45. The maximum Gasteiger partial charge on any atom is 0.161 e. The summed E-state index contributed by atoms with van der Waals surface area (Å²) in [5.74, 6) is 1.92. The van der Waals surface area contributed by atoms with Crippen molar-refractivity contribution in [1.29, 1.82) is 0 Å². The number of rotatable bonds is 4. The van der Waals surface area contributed by atoms with Crippen LogP contribution in [0.25, 0.3) is 11.4 Å². The summed E-state index contributed by atoms with van der Waals surface area (Å²) < 4.78 is 6.08. The Kier molecular flexibility index (Phi) is 4.37. The first-order chi connectivity index (χ1) is 9.13. The lowest BCUT2D eigenvalue weighted by Crippen LogP contribution is -2.00. The SMILES string of the molecule is CCCc1cc(N)nc(-c2ccc(OC)c(Br)c2)n1. The molecule has 0 unspecified atom stereocenters. The van der Waals surface area contributed by atoms with Gasteiger partial charge in [0.1, 0.15) is 11.6 Å². The van der Waals surface area contributed by atoms with Gasteiger partial charge in [-0.05, 0) is 40.5 Å². The van der Waals surface area contributed by atoms with Crippen molar-refractivity contribution >= 4 is 21.7 Å². The van der Waals surface area contributed by atoms with Crippen LogP contribution in [0.5, 0.6) is 5.75 Å². The number of benzene rings is 1. The lowest BCUT2D eigenvalue weighted by atomic mass is 10.2. The van der Waals surface area contributed by atoms with E-state index in [1.807, 2.05) is 24.3 Å². The van der Waals surface area contributed by atoms with Crippen molar-refractivity contribution in [1.82, 2.24) is 9.97 Å². The zero-order valence-electron chi connectivity index (χ0n) is 11.0. The van der Waals surface area contributed by atoms with Crippen molar-refractivity contribution in [3.63, 3.8) is 0 Å². The summed E-state index contributed by atoms with van der Waals surface area (Å²) in [7, 11) is 1.64. The van der Waals surface area contributed by atoms with Crippen molar-refractivity contribution in [3.05, 3.63) is 34.4 Å². The molecule has 0 saturated heterocycles. The zero-order valence-corrected chi connectivity index (χ0v) is 12.6. The van der Waals surface area contributed by atoms with E-state index in [0.717, 1.165) is 34.3 Å². The first-order valence-electron chi connectivity index (χ1n) is 6.11. The molecule has 1 heterocycles. The van der Waals surface area contributed by atoms with E-state index >= 15 is 0 Å². The molecule has 0 aliphatic rings. The average Bonchev–Trinajstić information content (AvgIpc) is 2.38. The largest absolute Gasteiger partial charge is 0.496 e. The van der Waals surface area contributed by atoms with Crippen LogP contribution in [0.1, 0.15) is 19.0 Å². The summed E-state index contributed by atoms with van der Waals surface area (Å²) in [5, 5.41) is 0. The van der Waals surface area contributed by atoms with E-state index in [0.29, 0.717) is 11.6 Å². The van der Waals surface area contributed by atoms with Crippen LogP contribution < -0.4 is 10.5 Å². The van der Waals surface area contributed by atoms with Crippen molar-refractivity contribution in [2.45, 2.75) is 19.8 Å². The van der Waals surface area contributed by atoms with E-state index < -0.39 is 0 Å². The molecule has 5 heteroatoms. The number of hydrogen-bond donors (Lipinski definition) is 1. The second-order valence-electron chi connectivity index (χ2n) is 4.21. The van der Waals surface area contributed by atoms with Gasteiger partial charge in [-0.15, -0.1) is 0 Å². The average molecular weight is 322 g/mol. The molecular formula is C14H16BrN3O. The summed E-state index contributed by atoms with van der Waals surface area (Å²) in [6, 6.07) is 7.56. The van der Waals surface area contributed by atoms with Gasteiger partial charge in [-0.25, -0.2) is 9.97 Å². The molecule has 100 valence electrons. The first-order valence-corrected chi connectivity index (χ1v) is 6.90. The molecule has 0 aliphatic heterocycles. The van der Waals surface area contributed by atoms with E-state index in [1.54, 1.807) is 7.11 Å². The summed E-state index contributed by atoms with van der Waals surface area (Å²) in [6.07, 6.45) is 1.93. The van der Waals surface area contributed by atoms with Crippen LogP contribution in [-0.2, 0) is 6.42 Å². The first kappa shape index (κ1) is 13.8. The summed E-state index contributed by atoms with van der Waals surface area (Å²) in [4.78, 5) is 8.83. The third-order valence-electron chi connectivity index (χ3n) is 2.72. The number of anilines is 1. The fraction of sp³-hybridized carbons (Fsp3) is 0.286. The van der Waals surface area contributed by atoms with Crippen LogP contribution in [0.4, 0.5) is 5.82 Å². The highest BCUT2D eigenvalue weighted by Gasteiger charge is 2.08. The van der Waals surface area contributed by atoms with Crippen LogP contribution in [0.2, 0.25) is 0 Å². The molecule has 19 heavy (non-hydrogen) atoms. The Bertz CT molecular complexity index is 587. The molecule has 0 atom stereocenters. The maximum atomic E-state index is 5.83. The van der Waals surface area contributed by atoms with Gasteiger partial charge in [0.25, 0.3) is 0 Å². The highest BCUT2D eigenvalue weighted by atomic mass is 79.9. The van der Waals surface area contributed by atoms with Crippen molar-refractivity contribution < 1.29 is 4.74 Å². The van der Waals surface area contributed by atoms with Gasteiger partial charge in [0.15, 0.2) is 5.82 Å². The Morgan fingerprint density at radius 2 is 2.05 bits per heavy atom. The van der Waals surface area contributed by atoms with Gasteiger partial charge >= 0.3 is 0 Å². The Balaban J connectivity index is 2.43. The monoisotopic (exact) mass is 321 g/mol. The van der Waals surface area contributed by atoms with E-state index in [2.05, 4.69) is 32.8 Å². The molecule has 0 aliphatic carbocycles. The van der Waals surface area contributed by atoms with Crippen LogP contribution in [-0.4, -0.2) is 17.1 Å². The number of nitrogens with two attached hydrogens (primary N) is 1. The van der Waals surface area contributed by atoms with Gasteiger partial charge in [-0.3, -0.25) is 0 Å². The topological polar surface area (TPSA) is 61.0 Å². The van der Waals surface area contributed by atoms with E-state index in [1.165, 1.54) is 0 Å². The zero-order chi connectivity index (χ0) is 13.8. The van der Waals surface area contributed by atoms with Gasteiger partial charge in [0.05, 0.1) is 11.6 Å². The lowest BCUT2D eigenvalue weighted by molar-refractivity contribution is 0.412. The van der Waals surface area contributed by atoms with E-state index in [-0.39, 0.29) is 0 Å². The number of aryl methyl sites for hydroxylation is 1. The predicted molar refractivity (Wildman–Crippen MR) is 80.1 cm³/mol. The number of methoxy groups -OCH3 is 1. The second-order valence-corrected chi connectivity index (χ2v) is 5.06. The van der Waals surface area contributed by atoms with Crippen LogP contribution >= 0.6 is 15.9 Å². The van der Waals surface area contributed by atoms with Crippen molar-refractivity contribution in [3.8, 4) is 17.1 Å². The fourth-order valence-corrected chi connectivity index (χ4v) is 2.38. The van der Waals surface area contributed by atoms with Crippen LogP contribution in [0, 0.1) is 0 Å². The van der Waals surface area contributed by atoms with Crippen LogP contribution in [0.15, 0.2) is 28.7 Å². The Morgan fingerprint density at radius 1 is 1.26 bits per heavy atom. The highest BCUT2D eigenvalue weighted by molar-refractivity contribution is 9.10. The molecule has 2 rings (SSSR count). The Labute approximate surface area is 121 Å². The highest BCUT2D eigenvalue weighted by Crippen LogP contribution is 2.29. The third kappa shape index (κ3) is 3.23. The minimum absolute atomic E-state index is 0.500. The number of hydrogen-bond acceptors (Lipinski definition) is 4. The number of nitrogens with zero attached hydrogens (tertiary/aromatic N) is 2. The standard InChI is InChI=1S/C14H16BrN3O/c1-3-4-10-8-13(16)18-14(17-10)9-5-6-12(19-2)11(15)7-9/h5-8H,3-4H2,1-2H3,(H2,16,17,18). The molecule has 1 aromatic heterocycles. The molecular weight excluding hydrogens is 306 g/mol. The van der Waals surface area contributed by atoms with Gasteiger partial charge in [-0.2, -0.15) is 0 Å². The van der Waals surface area contributed by atoms with E-state index in [9.17, 15) is 0 Å². The van der Waals surface area contributed by atoms with Crippen molar-refractivity contribution in [2.75, 3.05) is 12.8 Å². The van der Waals surface area contributed by atoms with Gasteiger partial charge in [0.2, 0.25) is 0 Å². The molecule has 1 aromatic carbocycles. The number of halogens is 1. The second kappa shape index (κ2) is 6.02. The molecule has 0 radical (unpaired) electrons. The fourth-order valence-electron chi connectivity index (χ4n) is 1.84. The van der Waals surface area contributed by atoms with Crippen LogP contribution in [0.3, 0.4) is 0 Å². The minimum atomic E-state index is 0.500. The Morgan fingerprint density at radius 3 is 2.68 bits per heavy atom. The normalized spacial score (nSPS) is 10.5. The molecule has 0 amide bonds. The lowest BCUT2D eigenvalue weighted by Gasteiger charge is -2.07. The van der Waals surface area contributed by atoms with Gasteiger partial charge in [0, 0.05) is 17.3 Å².